The minimum Gasteiger partial charge on any atom is -0.497 e. The molecule has 1 aliphatic heterocycles. The number of benzene rings is 3. The third-order valence-corrected chi connectivity index (χ3v) is 12.6. The summed E-state index contributed by atoms with van der Waals surface area (Å²) in [6, 6.07) is 25.9. The van der Waals surface area contributed by atoms with E-state index in [-0.39, 0.29) is 17.7 Å². The van der Waals surface area contributed by atoms with Gasteiger partial charge in [-0.25, -0.2) is 0 Å². The van der Waals surface area contributed by atoms with E-state index >= 15 is 0 Å². The van der Waals surface area contributed by atoms with Gasteiger partial charge in [0, 0.05) is 0 Å². The molecule has 0 aromatic heterocycles. The molecule has 3 aromatic rings. The number of ether oxygens (including phenoxy) is 4. The van der Waals surface area contributed by atoms with Gasteiger partial charge in [-0.2, -0.15) is 0 Å². The van der Waals surface area contributed by atoms with Crippen molar-refractivity contribution < 1.29 is 28.5 Å². The number of methoxy groups -OCH3 is 2. The lowest BCUT2D eigenvalue weighted by molar-refractivity contribution is -0.0722. The minimum absolute atomic E-state index is 0.0342. The number of hydrogen-bond donors (Lipinski definition) is 1. The molecule has 0 bridgehead atoms. The Morgan fingerprint density at radius 2 is 1.28 bits per heavy atom. The third-order valence-electron chi connectivity index (χ3n) is 8.13. The predicted octanol–water partition coefficient (Wildman–Crippen LogP) is 6.16. The standard InChI is InChI=1S/C32H42O6Si/c1-31(2,3)39(6,7)38-29-21-36-28(30(29)33)22-37-32(23-11-9-8-10-12-23,24-13-17-26(34-4)18-14-24)25-15-19-27(35-5)20-16-25/h8-20,28-30,33H,21-22H2,1-7H3/t28-,29+,30-/m1/s1. The minimum atomic E-state index is -2.08. The van der Waals surface area contributed by atoms with Gasteiger partial charge in [0.05, 0.1) is 33.5 Å². The van der Waals surface area contributed by atoms with Crippen LogP contribution >= 0.6 is 0 Å². The van der Waals surface area contributed by atoms with E-state index in [1.807, 2.05) is 66.7 Å². The Kier molecular flexibility index (Phi) is 8.88. The summed E-state index contributed by atoms with van der Waals surface area (Å²) < 4.78 is 30.4. The smallest absolute Gasteiger partial charge is 0.192 e. The highest BCUT2D eigenvalue weighted by Crippen LogP contribution is 2.43. The van der Waals surface area contributed by atoms with Crippen LogP contribution in [0.5, 0.6) is 11.5 Å². The van der Waals surface area contributed by atoms with E-state index in [0.29, 0.717) is 6.61 Å². The van der Waals surface area contributed by atoms with Gasteiger partial charge in [0.25, 0.3) is 0 Å². The molecule has 0 amide bonds. The molecule has 6 nitrogen and oxygen atoms in total. The summed E-state index contributed by atoms with van der Waals surface area (Å²) in [5.74, 6) is 1.52. The quantitative estimate of drug-likeness (QED) is 0.241. The molecule has 1 fully saturated rings. The van der Waals surface area contributed by atoms with Crippen molar-refractivity contribution >= 4 is 8.32 Å². The molecule has 0 spiro atoms. The summed E-state index contributed by atoms with van der Waals surface area (Å²) in [6.45, 7) is 11.5. The van der Waals surface area contributed by atoms with Gasteiger partial charge < -0.3 is 28.5 Å². The molecule has 0 radical (unpaired) electrons. The van der Waals surface area contributed by atoms with Crippen molar-refractivity contribution in [1.29, 1.82) is 0 Å². The average Bonchev–Trinajstić information content (AvgIpc) is 3.27. The number of aliphatic hydroxyl groups is 1. The molecule has 3 atom stereocenters. The molecule has 1 aliphatic rings. The van der Waals surface area contributed by atoms with E-state index in [9.17, 15) is 5.11 Å². The first-order valence-electron chi connectivity index (χ1n) is 13.5. The van der Waals surface area contributed by atoms with Crippen LogP contribution < -0.4 is 9.47 Å². The van der Waals surface area contributed by atoms with Gasteiger partial charge >= 0.3 is 0 Å². The van der Waals surface area contributed by atoms with Crippen molar-refractivity contribution in [3.05, 3.63) is 95.6 Å². The van der Waals surface area contributed by atoms with Gasteiger partial charge in [-0.15, -0.1) is 0 Å². The van der Waals surface area contributed by atoms with E-state index in [4.69, 9.17) is 23.4 Å². The molecular formula is C32H42O6Si. The second-order valence-electron chi connectivity index (χ2n) is 11.6. The van der Waals surface area contributed by atoms with E-state index < -0.39 is 26.1 Å². The Balaban J connectivity index is 1.70. The summed E-state index contributed by atoms with van der Waals surface area (Å²) in [5, 5.41) is 11.3. The molecule has 4 rings (SSSR count). The van der Waals surface area contributed by atoms with Gasteiger partial charge in [0.15, 0.2) is 8.32 Å². The summed E-state index contributed by atoms with van der Waals surface area (Å²) in [7, 11) is 1.23. The molecule has 7 heteroatoms. The Labute approximate surface area is 234 Å². The highest BCUT2D eigenvalue weighted by atomic mass is 28.4. The Morgan fingerprint density at radius 3 is 1.74 bits per heavy atom. The molecular weight excluding hydrogens is 508 g/mol. The van der Waals surface area contributed by atoms with Crippen LogP contribution in [0.4, 0.5) is 0 Å². The fourth-order valence-corrected chi connectivity index (χ4v) is 6.06. The molecule has 210 valence electrons. The monoisotopic (exact) mass is 550 g/mol. The van der Waals surface area contributed by atoms with Gasteiger partial charge in [-0.1, -0.05) is 75.4 Å². The van der Waals surface area contributed by atoms with Crippen LogP contribution in [0, 0.1) is 0 Å². The number of hydrogen-bond acceptors (Lipinski definition) is 6. The van der Waals surface area contributed by atoms with E-state index in [0.717, 1.165) is 28.2 Å². The zero-order valence-electron chi connectivity index (χ0n) is 24.1. The molecule has 1 heterocycles. The van der Waals surface area contributed by atoms with Crippen LogP contribution in [0.25, 0.3) is 0 Å². The van der Waals surface area contributed by atoms with E-state index in [1.54, 1.807) is 14.2 Å². The average molecular weight is 551 g/mol. The van der Waals surface area contributed by atoms with Crippen LogP contribution in [0.3, 0.4) is 0 Å². The topological polar surface area (TPSA) is 66.4 Å². The maximum atomic E-state index is 11.3. The fourth-order valence-electron chi connectivity index (χ4n) is 4.74. The van der Waals surface area contributed by atoms with Crippen LogP contribution in [0.15, 0.2) is 78.9 Å². The largest absolute Gasteiger partial charge is 0.497 e. The van der Waals surface area contributed by atoms with Gasteiger partial charge in [0.2, 0.25) is 0 Å². The molecule has 0 aliphatic carbocycles. The summed E-state index contributed by atoms with van der Waals surface area (Å²) in [4.78, 5) is 0. The lowest BCUT2D eigenvalue weighted by Gasteiger charge is -2.39. The normalized spacial score (nSPS) is 20.2. The molecule has 3 aromatic carbocycles. The number of aliphatic hydroxyl groups excluding tert-OH is 1. The van der Waals surface area contributed by atoms with Crippen molar-refractivity contribution in [2.45, 2.75) is 62.8 Å². The summed E-state index contributed by atoms with van der Waals surface area (Å²) in [5.41, 5.74) is 1.85. The second-order valence-corrected chi connectivity index (χ2v) is 16.4. The lowest BCUT2D eigenvalue weighted by atomic mass is 9.80. The van der Waals surface area contributed by atoms with Crippen molar-refractivity contribution in [2.24, 2.45) is 0 Å². The van der Waals surface area contributed by atoms with Crippen molar-refractivity contribution in [3.8, 4) is 11.5 Å². The summed E-state index contributed by atoms with van der Waals surface area (Å²) >= 11 is 0. The first kappa shape index (κ1) is 29.3. The maximum absolute atomic E-state index is 11.3. The predicted molar refractivity (Wildman–Crippen MR) is 156 cm³/mol. The fraction of sp³-hybridized carbons (Fsp3) is 0.438. The molecule has 1 N–H and O–H groups in total. The van der Waals surface area contributed by atoms with Crippen LogP contribution in [0.2, 0.25) is 18.1 Å². The van der Waals surface area contributed by atoms with Gasteiger partial charge in [-0.3, -0.25) is 0 Å². The molecule has 0 unspecified atom stereocenters. The van der Waals surface area contributed by atoms with Crippen LogP contribution in [-0.4, -0.2) is 59.2 Å². The third kappa shape index (κ3) is 6.08. The second kappa shape index (κ2) is 11.8. The maximum Gasteiger partial charge on any atom is 0.192 e. The Hall–Kier alpha value is -2.68. The SMILES string of the molecule is COc1ccc(C(OC[C@H]2OC[C@H](O[Si](C)(C)C(C)(C)C)[C@@H]2O)(c2ccccc2)c2ccc(OC)cc2)cc1. The Morgan fingerprint density at radius 1 is 0.795 bits per heavy atom. The molecule has 1 saturated heterocycles. The highest BCUT2D eigenvalue weighted by Gasteiger charge is 2.46. The first-order chi connectivity index (χ1) is 18.5. The first-order valence-corrected chi connectivity index (χ1v) is 16.4. The van der Waals surface area contributed by atoms with Crippen LogP contribution in [-0.2, 0) is 19.5 Å². The van der Waals surface area contributed by atoms with Crippen molar-refractivity contribution in [3.63, 3.8) is 0 Å². The van der Waals surface area contributed by atoms with Crippen molar-refractivity contribution in [2.75, 3.05) is 27.4 Å². The van der Waals surface area contributed by atoms with E-state index in [2.05, 4.69) is 46.0 Å². The molecule has 39 heavy (non-hydrogen) atoms. The van der Waals surface area contributed by atoms with Crippen molar-refractivity contribution in [1.82, 2.24) is 0 Å². The molecule has 0 saturated carbocycles. The zero-order chi connectivity index (χ0) is 28.3. The Bertz CT molecular complexity index is 1140. The highest BCUT2D eigenvalue weighted by molar-refractivity contribution is 6.74. The zero-order valence-corrected chi connectivity index (χ0v) is 25.1. The van der Waals surface area contributed by atoms with E-state index in [1.165, 1.54) is 0 Å². The summed E-state index contributed by atoms with van der Waals surface area (Å²) in [6.07, 6.45) is -1.70. The number of rotatable bonds is 10. The van der Waals surface area contributed by atoms with Gasteiger partial charge in [-0.05, 0) is 59.1 Å². The van der Waals surface area contributed by atoms with Gasteiger partial charge in [0.1, 0.15) is 29.3 Å². The lowest BCUT2D eigenvalue weighted by Crippen LogP contribution is -2.48. The van der Waals surface area contributed by atoms with Crippen LogP contribution in [0.1, 0.15) is 37.5 Å².